The number of allylic oxidation sites excluding steroid dienone is 5. The van der Waals surface area contributed by atoms with Crippen molar-refractivity contribution in [3.63, 3.8) is 0 Å². The van der Waals surface area contributed by atoms with Crippen LogP contribution in [0.2, 0.25) is 0 Å². The van der Waals surface area contributed by atoms with Crippen molar-refractivity contribution in [2.45, 2.75) is 13.3 Å². The predicted molar refractivity (Wildman–Crippen MR) is 61.4 cm³/mol. The van der Waals surface area contributed by atoms with Gasteiger partial charge in [-0.2, -0.15) is 0 Å². The molecule has 1 aromatic heterocycles. The Morgan fingerprint density at radius 3 is 3.00 bits per heavy atom. The first-order valence-electron chi connectivity index (χ1n) is 5.03. The van der Waals surface area contributed by atoms with E-state index in [4.69, 9.17) is 0 Å². The molecule has 0 aromatic carbocycles. The molecule has 0 aliphatic heterocycles. The van der Waals surface area contributed by atoms with E-state index in [1.807, 2.05) is 19.1 Å². The number of hydrogen-bond donors (Lipinski definition) is 1. The van der Waals surface area contributed by atoms with Crippen molar-refractivity contribution in [3.05, 3.63) is 53.9 Å². The molecule has 0 bridgehead atoms. The lowest BCUT2D eigenvalue weighted by molar-refractivity contribution is 0.652. The van der Waals surface area contributed by atoms with Crippen LogP contribution in [0, 0.1) is 6.92 Å². The van der Waals surface area contributed by atoms with Gasteiger partial charge >= 0.3 is 0 Å². The molecule has 0 saturated carbocycles. The van der Waals surface area contributed by atoms with Gasteiger partial charge in [0.2, 0.25) is 0 Å². The normalized spacial score (nSPS) is 15.1. The Bertz CT molecular complexity index is 475. The summed E-state index contributed by atoms with van der Waals surface area (Å²) < 4.78 is 13.5. The number of anilines is 1. The number of hydrogen-bond acceptors (Lipinski definition) is 3. The third kappa shape index (κ3) is 2.53. The second-order valence-electron chi connectivity index (χ2n) is 3.49. The van der Waals surface area contributed by atoms with Crippen LogP contribution in [0.5, 0.6) is 0 Å². The molecule has 0 unspecified atom stereocenters. The van der Waals surface area contributed by atoms with Crippen LogP contribution < -0.4 is 5.32 Å². The lowest BCUT2D eigenvalue weighted by Crippen LogP contribution is -2.03. The van der Waals surface area contributed by atoms with E-state index in [-0.39, 0.29) is 5.83 Å². The lowest BCUT2D eigenvalue weighted by atomic mass is 10.3. The lowest BCUT2D eigenvalue weighted by Gasteiger charge is -2.08. The Labute approximate surface area is 93.4 Å². The average Bonchev–Trinajstić information content (AvgIpc) is 2.45. The molecule has 16 heavy (non-hydrogen) atoms. The minimum atomic E-state index is -0.263. The molecule has 3 nitrogen and oxygen atoms in total. The summed E-state index contributed by atoms with van der Waals surface area (Å²) in [4.78, 5) is 8.01. The summed E-state index contributed by atoms with van der Waals surface area (Å²) >= 11 is 0. The largest absolute Gasteiger partial charge is 0.341 e. The van der Waals surface area contributed by atoms with Crippen molar-refractivity contribution in [2.75, 3.05) is 5.32 Å². The number of nitrogens with zero attached hydrogens (tertiary/aromatic N) is 2. The summed E-state index contributed by atoms with van der Waals surface area (Å²) in [6.45, 7) is 1.87. The van der Waals surface area contributed by atoms with Gasteiger partial charge in [-0.1, -0.05) is 18.2 Å². The highest BCUT2D eigenvalue weighted by atomic mass is 19.1. The van der Waals surface area contributed by atoms with E-state index >= 15 is 0 Å². The molecule has 1 heterocycles. The van der Waals surface area contributed by atoms with E-state index in [1.54, 1.807) is 12.1 Å². The van der Waals surface area contributed by atoms with Crippen molar-refractivity contribution in [1.82, 2.24) is 9.97 Å². The molecule has 2 rings (SSSR count). The van der Waals surface area contributed by atoms with Crippen LogP contribution in [0.1, 0.15) is 12.1 Å². The van der Waals surface area contributed by atoms with Gasteiger partial charge in [-0.3, -0.25) is 0 Å². The summed E-state index contributed by atoms with van der Waals surface area (Å²) in [5, 5.41) is 2.96. The maximum Gasteiger partial charge on any atom is 0.142 e. The van der Waals surface area contributed by atoms with Crippen molar-refractivity contribution < 1.29 is 4.39 Å². The molecule has 0 spiro atoms. The van der Waals surface area contributed by atoms with Gasteiger partial charge in [0.15, 0.2) is 0 Å². The average molecular weight is 217 g/mol. The monoisotopic (exact) mass is 217 g/mol. The first-order chi connectivity index (χ1) is 7.75. The first-order valence-corrected chi connectivity index (χ1v) is 5.03. The Morgan fingerprint density at radius 1 is 1.31 bits per heavy atom. The van der Waals surface area contributed by atoms with Crippen molar-refractivity contribution >= 4 is 5.82 Å². The minimum Gasteiger partial charge on any atom is -0.341 e. The van der Waals surface area contributed by atoms with E-state index in [1.165, 1.54) is 12.4 Å². The number of nitrogens with one attached hydrogen (secondary N) is 1. The molecule has 1 aliphatic carbocycles. The highest BCUT2D eigenvalue weighted by Crippen LogP contribution is 2.18. The van der Waals surface area contributed by atoms with E-state index in [2.05, 4.69) is 15.3 Å². The highest BCUT2D eigenvalue weighted by Gasteiger charge is 2.05. The summed E-state index contributed by atoms with van der Waals surface area (Å²) in [6.07, 6.45) is 8.80. The molecule has 4 heteroatoms. The SMILES string of the molecule is Cc1cc(NC2=C(F)C=CC=CC2)ncn1. The fourth-order valence-corrected chi connectivity index (χ4v) is 1.39. The van der Waals surface area contributed by atoms with E-state index in [0.717, 1.165) is 5.69 Å². The van der Waals surface area contributed by atoms with Crippen LogP contribution in [0.3, 0.4) is 0 Å². The molecule has 1 N–H and O–H groups in total. The van der Waals surface area contributed by atoms with Gasteiger partial charge < -0.3 is 5.32 Å². The molecule has 0 radical (unpaired) electrons. The third-order valence-corrected chi connectivity index (χ3v) is 2.18. The molecular weight excluding hydrogens is 205 g/mol. The van der Waals surface area contributed by atoms with Gasteiger partial charge in [-0.15, -0.1) is 0 Å². The van der Waals surface area contributed by atoms with Crippen molar-refractivity contribution in [3.8, 4) is 0 Å². The zero-order chi connectivity index (χ0) is 11.4. The third-order valence-electron chi connectivity index (χ3n) is 2.18. The minimum absolute atomic E-state index is 0.263. The van der Waals surface area contributed by atoms with Gasteiger partial charge in [-0.05, 0) is 13.0 Å². The Kier molecular flexibility index (Phi) is 3.10. The molecule has 82 valence electrons. The maximum absolute atomic E-state index is 13.5. The van der Waals surface area contributed by atoms with Gasteiger partial charge in [0.05, 0.1) is 5.70 Å². The Hall–Kier alpha value is -1.97. The summed E-state index contributed by atoms with van der Waals surface area (Å²) in [5.41, 5.74) is 1.36. The molecule has 1 aliphatic rings. The molecule has 0 saturated heterocycles. The van der Waals surface area contributed by atoms with Crippen molar-refractivity contribution in [2.24, 2.45) is 0 Å². The fraction of sp³-hybridized carbons (Fsp3) is 0.167. The zero-order valence-electron chi connectivity index (χ0n) is 8.94. The van der Waals surface area contributed by atoms with E-state index < -0.39 is 0 Å². The van der Waals surface area contributed by atoms with Crippen LogP contribution >= 0.6 is 0 Å². The molecule has 1 aromatic rings. The Morgan fingerprint density at radius 2 is 2.19 bits per heavy atom. The molecule has 0 fully saturated rings. The summed E-state index contributed by atoms with van der Waals surface area (Å²) in [6, 6.07) is 1.78. The summed E-state index contributed by atoms with van der Waals surface area (Å²) in [5.74, 6) is 0.350. The summed E-state index contributed by atoms with van der Waals surface area (Å²) in [7, 11) is 0. The Balaban J connectivity index is 2.21. The van der Waals surface area contributed by atoms with E-state index in [9.17, 15) is 4.39 Å². The fourth-order valence-electron chi connectivity index (χ4n) is 1.39. The van der Waals surface area contributed by atoms with E-state index in [0.29, 0.717) is 17.9 Å². The molecular formula is C12H12FN3. The van der Waals surface area contributed by atoms with Crippen LogP contribution in [0.25, 0.3) is 0 Å². The topological polar surface area (TPSA) is 37.8 Å². The van der Waals surface area contributed by atoms with Crippen LogP contribution in [-0.2, 0) is 0 Å². The second kappa shape index (κ2) is 4.70. The standard InChI is InChI=1S/C12H12FN3/c1-9-7-12(15-8-14-9)16-11-6-4-2-3-5-10(11)13/h2-5,7-8H,6H2,1H3,(H,14,15,16). The molecule has 0 atom stereocenters. The first kappa shape index (κ1) is 10.5. The van der Waals surface area contributed by atoms with Crippen LogP contribution in [0.4, 0.5) is 10.2 Å². The quantitative estimate of drug-likeness (QED) is 0.827. The zero-order valence-corrected chi connectivity index (χ0v) is 8.94. The number of aromatic nitrogens is 2. The highest BCUT2D eigenvalue weighted by molar-refractivity contribution is 5.45. The van der Waals surface area contributed by atoms with Crippen LogP contribution in [-0.4, -0.2) is 9.97 Å². The number of halogens is 1. The van der Waals surface area contributed by atoms with Gasteiger partial charge in [0, 0.05) is 18.2 Å². The van der Waals surface area contributed by atoms with Gasteiger partial charge in [0.1, 0.15) is 18.0 Å². The second-order valence-corrected chi connectivity index (χ2v) is 3.49. The molecule has 0 amide bonds. The smallest absolute Gasteiger partial charge is 0.142 e. The number of rotatable bonds is 2. The van der Waals surface area contributed by atoms with Crippen LogP contribution in [0.15, 0.2) is 48.2 Å². The predicted octanol–water partition coefficient (Wildman–Crippen LogP) is 2.89. The van der Waals surface area contributed by atoms with Gasteiger partial charge in [-0.25, -0.2) is 14.4 Å². The van der Waals surface area contributed by atoms with Gasteiger partial charge in [0.25, 0.3) is 0 Å². The number of aryl methyl sites for hydroxylation is 1. The van der Waals surface area contributed by atoms with Crippen molar-refractivity contribution in [1.29, 1.82) is 0 Å². The maximum atomic E-state index is 13.5.